The number of anilines is 1. The first kappa shape index (κ1) is 18.3. The number of nitrogens with zero attached hydrogens (tertiary/aromatic N) is 2. The summed E-state index contributed by atoms with van der Waals surface area (Å²) in [5, 5.41) is 0. The second-order valence-corrected chi connectivity index (χ2v) is 8.22. The Morgan fingerprint density at radius 1 is 1.40 bits per heavy atom. The average Bonchev–Trinajstić information content (AvgIpc) is 2.93. The van der Waals surface area contributed by atoms with Crippen molar-refractivity contribution in [3.63, 3.8) is 0 Å². The van der Waals surface area contributed by atoms with Gasteiger partial charge in [0.05, 0.1) is 24.4 Å². The van der Waals surface area contributed by atoms with Crippen molar-refractivity contribution in [2.45, 2.75) is 70.7 Å². The number of hydrogen-bond acceptors (Lipinski definition) is 6. The maximum atomic E-state index is 13.9. The van der Waals surface area contributed by atoms with E-state index in [0.717, 1.165) is 6.20 Å². The van der Waals surface area contributed by atoms with Gasteiger partial charge >= 0.3 is 5.69 Å². The largest absolute Gasteiger partial charge is 0.381 e. The summed E-state index contributed by atoms with van der Waals surface area (Å²) in [6.07, 6.45) is 1.08. The predicted octanol–water partition coefficient (Wildman–Crippen LogP) is 1.86. The maximum absolute atomic E-state index is 13.9. The molecule has 0 bridgehead atoms. The Hall–Kier alpha value is -1.51. The molecule has 2 aliphatic rings. The highest BCUT2D eigenvalue weighted by Crippen LogP contribution is 2.46. The van der Waals surface area contributed by atoms with Crippen molar-refractivity contribution < 1.29 is 18.6 Å². The molecular formula is C17H26FN3O4. The summed E-state index contributed by atoms with van der Waals surface area (Å²) in [7, 11) is 0. The van der Waals surface area contributed by atoms with Gasteiger partial charge < -0.3 is 19.9 Å². The molecule has 25 heavy (non-hydrogen) atoms. The molecule has 1 aromatic rings. The molecule has 1 unspecified atom stereocenters. The summed E-state index contributed by atoms with van der Waals surface area (Å²) in [5.74, 6) is -1.85. The minimum atomic E-state index is -0.766. The number of halogens is 1. The zero-order valence-corrected chi connectivity index (χ0v) is 15.3. The molecule has 1 saturated heterocycles. The van der Waals surface area contributed by atoms with Gasteiger partial charge in [-0.25, -0.2) is 9.18 Å². The fourth-order valence-electron chi connectivity index (χ4n) is 3.54. The van der Waals surface area contributed by atoms with Crippen molar-refractivity contribution in [2.75, 3.05) is 12.3 Å². The SMILES string of the molecule is CC(C)(C)OC[C@H]1C[C@@H](n2cc(F)c(N)nc2=O)C2OC(C)(C)O[C@H]21. The molecular weight excluding hydrogens is 329 g/mol. The molecule has 7 nitrogen and oxygen atoms in total. The first-order valence-electron chi connectivity index (χ1n) is 8.50. The third-order valence-electron chi connectivity index (χ3n) is 4.57. The number of ether oxygens (including phenoxy) is 3. The Bertz CT molecular complexity index is 713. The van der Waals surface area contributed by atoms with E-state index >= 15 is 0 Å². The van der Waals surface area contributed by atoms with Crippen LogP contribution in [0.15, 0.2) is 11.0 Å². The fourth-order valence-corrected chi connectivity index (χ4v) is 3.54. The Morgan fingerprint density at radius 2 is 2.04 bits per heavy atom. The fraction of sp³-hybridized carbons (Fsp3) is 0.765. The molecule has 2 heterocycles. The van der Waals surface area contributed by atoms with Crippen LogP contribution in [-0.2, 0) is 14.2 Å². The van der Waals surface area contributed by atoms with Crippen molar-refractivity contribution in [1.82, 2.24) is 9.55 Å². The van der Waals surface area contributed by atoms with Crippen LogP contribution in [0, 0.1) is 11.7 Å². The van der Waals surface area contributed by atoms with E-state index in [9.17, 15) is 9.18 Å². The summed E-state index contributed by atoms with van der Waals surface area (Å²) in [5.41, 5.74) is 4.51. The minimum Gasteiger partial charge on any atom is -0.381 e. The summed E-state index contributed by atoms with van der Waals surface area (Å²) in [6, 6.07) is -0.379. The molecule has 140 valence electrons. The van der Waals surface area contributed by atoms with Crippen LogP contribution in [0.1, 0.15) is 47.1 Å². The third-order valence-corrected chi connectivity index (χ3v) is 4.57. The third kappa shape index (κ3) is 3.70. The summed E-state index contributed by atoms with van der Waals surface area (Å²) in [4.78, 5) is 15.8. The molecule has 0 radical (unpaired) electrons. The maximum Gasteiger partial charge on any atom is 0.350 e. The standard InChI is InChI=1S/C17H26FN3O4/c1-16(2,3)23-8-9-6-11(13-12(9)24-17(4,5)25-13)21-7-10(18)14(19)20-15(21)22/h7,9,11-13H,6,8H2,1-5H3,(H2,19,20,22)/t9-,11-,12+,13?/m1/s1. The van der Waals surface area contributed by atoms with E-state index in [1.54, 1.807) is 0 Å². The first-order valence-corrected chi connectivity index (χ1v) is 8.50. The monoisotopic (exact) mass is 355 g/mol. The van der Waals surface area contributed by atoms with Crippen molar-refractivity contribution in [2.24, 2.45) is 5.92 Å². The van der Waals surface area contributed by atoms with Gasteiger partial charge in [0.2, 0.25) is 0 Å². The Morgan fingerprint density at radius 3 is 2.68 bits per heavy atom. The molecule has 0 spiro atoms. The first-order chi connectivity index (χ1) is 11.5. The normalized spacial score (nSPS) is 31.3. The van der Waals surface area contributed by atoms with E-state index < -0.39 is 23.1 Å². The van der Waals surface area contributed by atoms with Gasteiger partial charge in [0.25, 0.3) is 0 Å². The van der Waals surface area contributed by atoms with Crippen molar-refractivity contribution in [1.29, 1.82) is 0 Å². The molecule has 2 fully saturated rings. The van der Waals surface area contributed by atoms with Crippen LogP contribution in [0.25, 0.3) is 0 Å². The van der Waals surface area contributed by atoms with Crippen molar-refractivity contribution in [3.05, 3.63) is 22.5 Å². The molecule has 3 rings (SSSR count). The molecule has 8 heteroatoms. The topological polar surface area (TPSA) is 88.6 Å². The molecule has 0 aromatic carbocycles. The average molecular weight is 355 g/mol. The lowest BCUT2D eigenvalue weighted by Gasteiger charge is -2.26. The predicted molar refractivity (Wildman–Crippen MR) is 89.5 cm³/mol. The molecule has 1 aliphatic heterocycles. The van der Waals surface area contributed by atoms with Gasteiger partial charge in [0.1, 0.15) is 6.10 Å². The van der Waals surface area contributed by atoms with Gasteiger partial charge in [-0.3, -0.25) is 4.57 Å². The second kappa shape index (κ2) is 6.03. The number of nitrogens with two attached hydrogens (primary N) is 1. The van der Waals surface area contributed by atoms with E-state index in [0.29, 0.717) is 13.0 Å². The lowest BCUT2D eigenvalue weighted by molar-refractivity contribution is -0.164. The van der Waals surface area contributed by atoms with E-state index in [4.69, 9.17) is 19.9 Å². The van der Waals surface area contributed by atoms with E-state index in [1.807, 2.05) is 34.6 Å². The van der Waals surface area contributed by atoms with Crippen LogP contribution >= 0.6 is 0 Å². The Kier molecular flexibility index (Phi) is 4.41. The lowest BCUT2D eigenvalue weighted by atomic mass is 10.1. The van der Waals surface area contributed by atoms with Crippen molar-refractivity contribution >= 4 is 5.82 Å². The van der Waals surface area contributed by atoms with Crippen LogP contribution < -0.4 is 11.4 Å². The molecule has 1 saturated carbocycles. The molecule has 4 atom stereocenters. The van der Waals surface area contributed by atoms with Gasteiger partial charge in [-0.1, -0.05) is 0 Å². The van der Waals surface area contributed by atoms with Crippen LogP contribution in [0.5, 0.6) is 0 Å². The quantitative estimate of drug-likeness (QED) is 0.890. The van der Waals surface area contributed by atoms with Gasteiger partial charge in [0, 0.05) is 12.1 Å². The van der Waals surface area contributed by atoms with Crippen LogP contribution in [0.4, 0.5) is 10.2 Å². The summed E-state index contributed by atoms with van der Waals surface area (Å²) >= 11 is 0. The molecule has 1 aromatic heterocycles. The highest BCUT2D eigenvalue weighted by molar-refractivity contribution is 5.26. The van der Waals surface area contributed by atoms with Crippen LogP contribution in [0.3, 0.4) is 0 Å². The second-order valence-electron chi connectivity index (χ2n) is 8.22. The Labute approximate surface area is 146 Å². The number of aromatic nitrogens is 2. The van der Waals surface area contributed by atoms with Crippen LogP contribution in [-0.4, -0.2) is 39.8 Å². The summed E-state index contributed by atoms with van der Waals surface area (Å²) < 4.78 is 33.1. The zero-order chi connectivity index (χ0) is 18.6. The van der Waals surface area contributed by atoms with Gasteiger partial charge in [0.15, 0.2) is 17.4 Å². The number of rotatable bonds is 3. The summed E-state index contributed by atoms with van der Waals surface area (Å²) in [6.45, 7) is 10.1. The van der Waals surface area contributed by atoms with Gasteiger partial charge in [-0.2, -0.15) is 4.98 Å². The highest BCUT2D eigenvalue weighted by atomic mass is 19.1. The van der Waals surface area contributed by atoms with E-state index in [-0.39, 0.29) is 29.8 Å². The smallest absolute Gasteiger partial charge is 0.350 e. The van der Waals surface area contributed by atoms with E-state index in [1.165, 1.54) is 4.57 Å². The van der Waals surface area contributed by atoms with E-state index in [2.05, 4.69) is 4.98 Å². The van der Waals surface area contributed by atoms with Crippen molar-refractivity contribution in [3.8, 4) is 0 Å². The number of nitrogen functional groups attached to an aromatic ring is 1. The lowest BCUT2D eigenvalue weighted by Crippen LogP contribution is -2.35. The Balaban J connectivity index is 1.90. The minimum absolute atomic E-state index is 0.0310. The number of fused-ring (bicyclic) bond motifs is 1. The molecule has 2 N–H and O–H groups in total. The van der Waals surface area contributed by atoms with Gasteiger partial charge in [-0.05, 0) is 41.0 Å². The molecule has 0 amide bonds. The zero-order valence-electron chi connectivity index (χ0n) is 15.3. The highest BCUT2D eigenvalue weighted by Gasteiger charge is 2.55. The molecule has 1 aliphatic carbocycles. The van der Waals surface area contributed by atoms with Gasteiger partial charge in [-0.15, -0.1) is 0 Å². The number of hydrogen-bond donors (Lipinski definition) is 1. The van der Waals surface area contributed by atoms with Crippen LogP contribution in [0.2, 0.25) is 0 Å².